The van der Waals surface area contributed by atoms with E-state index in [9.17, 15) is 0 Å². The number of halogens is 2. The lowest BCUT2D eigenvalue weighted by Crippen LogP contribution is -2.39. The predicted molar refractivity (Wildman–Crippen MR) is 72.3 cm³/mol. The Bertz CT molecular complexity index is 306. The van der Waals surface area contributed by atoms with E-state index in [1.807, 2.05) is 0 Å². The summed E-state index contributed by atoms with van der Waals surface area (Å²) in [6, 6.07) is 2.11. The molecule has 0 unspecified atom stereocenters. The molecule has 0 aromatic carbocycles. The van der Waals surface area contributed by atoms with E-state index < -0.39 is 0 Å². The molecule has 0 spiro atoms. The van der Waals surface area contributed by atoms with Gasteiger partial charge in [-0.1, -0.05) is 0 Å². The van der Waals surface area contributed by atoms with Gasteiger partial charge < -0.3 is 10.4 Å². The summed E-state index contributed by atoms with van der Waals surface area (Å²) < 4.78 is 2.23. The van der Waals surface area contributed by atoms with Crippen LogP contribution in [0.25, 0.3) is 0 Å². The maximum atomic E-state index is 8.89. The standard InChI is InChI=1S/C10H15Br2NOS/c1-10(2,3-4-14)13-6-7-5-8(11)9(12)15-7/h5,13-14H,3-4,6H2,1-2H3. The molecular weight excluding hydrogens is 342 g/mol. The lowest BCUT2D eigenvalue weighted by atomic mass is 10.0. The van der Waals surface area contributed by atoms with Crippen molar-refractivity contribution in [3.05, 3.63) is 19.2 Å². The highest BCUT2D eigenvalue weighted by atomic mass is 79.9. The molecular formula is C10H15Br2NOS. The molecule has 0 bridgehead atoms. The molecule has 0 amide bonds. The van der Waals surface area contributed by atoms with Gasteiger partial charge in [0.25, 0.3) is 0 Å². The topological polar surface area (TPSA) is 32.3 Å². The summed E-state index contributed by atoms with van der Waals surface area (Å²) in [7, 11) is 0. The van der Waals surface area contributed by atoms with Crippen LogP contribution in [0.5, 0.6) is 0 Å². The smallest absolute Gasteiger partial charge is 0.0843 e. The number of hydrogen-bond donors (Lipinski definition) is 2. The number of aliphatic hydroxyl groups is 1. The van der Waals surface area contributed by atoms with Crippen LogP contribution in [-0.4, -0.2) is 17.3 Å². The van der Waals surface area contributed by atoms with E-state index in [1.165, 1.54) is 4.88 Å². The Morgan fingerprint density at radius 2 is 2.13 bits per heavy atom. The normalized spacial score (nSPS) is 12.1. The van der Waals surface area contributed by atoms with Crippen molar-refractivity contribution in [2.45, 2.75) is 32.4 Å². The van der Waals surface area contributed by atoms with Crippen molar-refractivity contribution in [3.63, 3.8) is 0 Å². The summed E-state index contributed by atoms with van der Waals surface area (Å²) >= 11 is 8.65. The third-order valence-corrected chi connectivity index (χ3v) is 5.43. The van der Waals surface area contributed by atoms with Crippen molar-refractivity contribution in [1.29, 1.82) is 0 Å². The molecule has 0 saturated heterocycles. The minimum absolute atomic E-state index is 0.0162. The van der Waals surface area contributed by atoms with E-state index in [1.54, 1.807) is 11.3 Å². The van der Waals surface area contributed by atoms with Gasteiger partial charge >= 0.3 is 0 Å². The molecule has 0 radical (unpaired) electrons. The second-order valence-corrected chi connectivity index (χ2v) is 7.35. The molecule has 1 rings (SSSR count). The van der Waals surface area contributed by atoms with Crippen LogP contribution in [0.15, 0.2) is 14.3 Å². The van der Waals surface area contributed by atoms with E-state index in [0.29, 0.717) is 0 Å². The monoisotopic (exact) mass is 355 g/mol. The first-order chi connectivity index (χ1) is 6.94. The van der Waals surface area contributed by atoms with Crippen molar-refractivity contribution in [2.24, 2.45) is 0 Å². The molecule has 0 fully saturated rings. The van der Waals surface area contributed by atoms with Crippen molar-refractivity contribution in [2.75, 3.05) is 6.61 Å². The summed E-state index contributed by atoms with van der Waals surface area (Å²) in [6.45, 7) is 5.25. The molecule has 0 aliphatic rings. The lowest BCUT2D eigenvalue weighted by Gasteiger charge is -2.25. The Kier molecular flexibility index (Phi) is 5.25. The van der Waals surface area contributed by atoms with Crippen LogP contribution in [0.4, 0.5) is 0 Å². The summed E-state index contributed by atoms with van der Waals surface area (Å²) in [6.07, 6.45) is 0.765. The Balaban J connectivity index is 2.49. The Labute approximate surface area is 111 Å². The average molecular weight is 357 g/mol. The highest BCUT2D eigenvalue weighted by Crippen LogP contribution is 2.32. The van der Waals surface area contributed by atoms with E-state index >= 15 is 0 Å². The van der Waals surface area contributed by atoms with Crippen LogP contribution in [0.2, 0.25) is 0 Å². The van der Waals surface area contributed by atoms with Crippen LogP contribution >= 0.6 is 43.2 Å². The fourth-order valence-corrected chi connectivity index (χ4v) is 3.29. The quantitative estimate of drug-likeness (QED) is 0.845. The third-order valence-electron chi connectivity index (χ3n) is 2.17. The van der Waals surface area contributed by atoms with Gasteiger partial charge in [-0.25, -0.2) is 0 Å². The maximum Gasteiger partial charge on any atom is 0.0843 e. The number of hydrogen-bond acceptors (Lipinski definition) is 3. The zero-order valence-corrected chi connectivity index (χ0v) is 12.8. The summed E-state index contributed by atoms with van der Waals surface area (Å²) in [5.74, 6) is 0. The summed E-state index contributed by atoms with van der Waals surface area (Å²) in [5, 5.41) is 12.3. The summed E-state index contributed by atoms with van der Waals surface area (Å²) in [5.41, 5.74) is -0.0162. The van der Waals surface area contributed by atoms with Crippen molar-refractivity contribution in [1.82, 2.24) is 5.32 Å². The fourth-order valence-electron chi connectivity index (χ4n) is 1.17. The second-order valence-electron chi connectivity index (χ2n) is 4.05. The van der Waals surface area contributed by atoms with Crippen molar-refractivity contribution in [3.8, 4) is 0 Å². The zero-order chi connectivity index (χ0) is 11.5. The molecule has 86 valence electrons. The number of rotatable bonds is 5. The molecule has 15 heavy (non-hydrogen) atoms. The van der Waals surface area contributed by atoms with Gasteiger partial charge in [0.05, 0.1) is 3.79 Å². The Morgan fingerprint density at radius 1 is 1.47 bits per heavy atom. The first kappa shape index (κ1) is 13.6. The number of nitrogens with one attached hydrogen (secondary N) is 1. The van der Waals surface area contributed by atoms with E-state index in [2.05, 4.69) is 57.1 Å². The van der Waals surface area contributed by atoms with Gasteiger partial charge in [-0.05, 0) is 58.2 Å². The van der Waals surface area contributed by atoms with Gasteiger partial charge in [0.15, 0.2) is 0 Å². The SMILES string of the molecule is CC(C)(CCO)NCc1cc(Br)c(Br)s1. The third kappa shape index (κ3) is 4.53. The summed E-state index contributed by atoms with van der Waals surface area (Å²) in [4.78, 5) is 1.28. The Hall–Kier alpha value is 0.580. The van der Waals surface area contributed by atoms with Crippen LogP contribution in [0.1, 0.15) is 25.1 Å². The minimum Gasteiger partial charge on any atom is -0.396 e. The first-order valence-electron chi connectivity index (χ1n) is 4.74. The average Bonchev–Trinajstić information content (AvgIpc) is 2.44. The van der Waals surface area contributed by atoms with Crippen molar-refractivity contribution < 1.29 is 5.11 Å². The number of thiophene rings is 1. The lowest BCUT2D eigenvalue weighted by molar-refractivity contribution is 0.230. The van der Waals surface area contributed by atoms with E-state index in [0.717, 1.165) is 21.2 Å². The van der Waals surface area contributed by atoms with Crippen LogP contribution in [0, 0.1) is 0 Å². The first-order valence-corrected chi connectivity index (χ1v) is 7.14. The molecule has 0 aliphatic heterocycles. The maximum absolute atomic E-state index is 8.89. The van der Waals surface area contributed by atoms with Crippen LogP contribution in [0.3, 0.4) is 0 Å². The van der Waals surface area contributed by atoms with Crippen molar-refractivity contribution >= 4 is 43.2 Å². The molecule has 0 aliphatic carbocycles. The van der Waals surface area contributed by atoms with Gasteiger partial charge in [-0.2, -0.15) is 0 Å². The van der Waals surface area contributed by atoms with Crippen LogP contribution in [-0.2, 0) is 6.54 Å². The van der Waals surface area contributed by atoms with Gasteiger partial charge in [-0.3, -0.25) is 0 Å². The number of aliphatic hydroxyl groups excluding tert-OH is 1. The second kappa shape index (κ2) is 5.77. The molecule has 5 heteroatoms. The minimum atomic E-state index is -0.0162. The molecule has 0 atom stereocenters. The van der Waals surface area contributed by atoms with E-state index in [4.69, 9.17) is 5.11 Å². The zero-order valence-electron chi connectivity index (χ0n) is 8.81. The Morgan fingerprint density at radius 3 is 2.60 bits per heavy atom. The molecule has 1 aromatic rings. The highest BCUT2D eigenvalue weighted by Gasteiger charge is 2.16. The highest BCUT2D eigenvalue weighted by molar-refractivity contribution is 9.13. The largest absolute Gasteiger partial charge is 0.396 e. The molecule has 0 saturated carbocycles. The van der Waals surface area contributed by atoms with Gasteiger partial charge in [0, 0.05) is 28.0 Å². The van der Waals surface area contributed by atoms with Gasteiger partial charge in [-0.15, -0.1) is 11.3 Å². The fraction of sp³-hybridized carbons (Fsp3) is 0.600. The van der Waals surface area contributed by atoms with E-state index in [-0.39, 0.29) is 12.1 Å². The molecule has 1 heterocycles. The van der Waals surface area contributed by atoms with Crippen LogP contribution < -0.4 is 5.32 Å². The molecule has 2 N–H and O–H groups in total. The predicted octanol–water partition coefficient (Wildman–Crippen LogP) is 3.52. The van der Waals surface area contributed by atoms with Gasteiger partial charge in [0.1, 0.15) is 0 Å². The van der Waals surface area contributed by atoms with Gasteiger partial charge in [0.2, 0.25) is 0 Å². The molecule has 1 aromatic heterocycles. The molecule has 2 nitrogen and oxygen atoms in total.